The minimum atomic E-state index is -4.54. The molecular weight excluding hydrogens is 225 g/mol. The molecule has 1 saturated carbocycles. The van der Waals surface area contributed by atoms with Crippen LogP contribution in [-0.2, 0) is 14.3 Å². The number of rotatable bonds is 2. The van der Waals surface area contributed by atoms with Gasteiger partial charge in [-0.15, -0.1) is 0 Å². The van der Waals surface area contributed by atoms with Crippen LogP contribution in [0.1, 0.15) is 19.3 Å². The van der Waals surface area contributed by atoms with Crippen LogP contribution in [0.3, 0.4) is 0 Å². The topological polar surface area (TPSA) is 35.5 Å². The van der Waals surface area contributed by atoms with Gasteiger partial charge in [-0.1, -0.05) is 6.58 Å². The van der Waals surface area contributed by atoms with Gasteiger partial charge in [-0.3, -0.25) is 4.79 Å². The zero-order valence-electron chi connectivity index (χ0n) is 8.42. The van der Waals surface area contributed by atoms with Gasteiger partial charge in [0.2, 0.25) is 0 Å². The van der Waals surface area contributed by atoms with E-state index in [0.29, 0.717) is 0 Å². The van der Waals surface area contributed by atoms with E-state index in [4.69, 9.17) is 9.47 Å². The first kappa shape index (κ1) is 11.3. The van der Waals surface area contributed by atoms with Crippen molar-refractivity contribution < 1.29 is 27.4 Å². The zero-order valence-corrected chi connectivity index (χ0v) is 8.42. The molecule has 2 aliphatic rings. The summed E-state index contributed by atoms with van der Waals surface area (Å²) in [5.41, 5.74) is -2.31. The molecule has 0 N–H and O–H groups in total. The first-order valence-corrected chi connectivity index (χ1v) is 4.95. The summed E-state index contributed by atoms with van der Waals surface area (Å²) in [5.74, 6) is -1.17. The molecule has 3 unspecified atom stereocenters. The molecule has 1 aliphatic carbocycles. The summed E-state index contributed by atoms with van der Waals surface area (Å²) in [7, 11) is 0. The van der Waals surface area contributed by atoms with E-state index in [1.54, 1.807) is 0 Å². The van der Waals surface area contributed by atoms with Crippen LogP contribution in [0.2, 0.25) is 0 Å². The lowest BCUT2D eigenvalue weighted by Gasteiger charge is -2.33. The van der Waals surface area contributed by atoms with Gasteiger partial charge in [-0.2, -0.15) is 13.2 Å². The van der Waals surface area contributed by atoms with Crippen LogP contribution in [0, 0.1) is 5.41 Å². The Morgan fingerprint density at radius 3 is 2.81 bits per heavy atom. The lowest BCUT2D eigenvalue weighted by atomic mass is 9.73. The van der Waals surface area contributed by atoms with Crippen LogP contribution in [-0.4, -0.2) is 24.4 Å². The third-order valence-corrected chi connectivity index (χ3v) is 3.28. The predicted molar refractivity (Wildman–Crippen MR) is 47.3 cm³/mol. The summed E-state index contributed by atoms with van der Waals surface area (Å²) >= 11 is 0. The molecule has 16 heavy (non-hydrogen) atoms. The Kier molecular flexibility index (Phi) is 2.40. The summed E-state index contributed by atoms with van der Waals surface area (Å²) in [6.07, 6.45) is -5.14. The molecule has 0 aromatic heterocycles. The van der Waals surface area contributed by atoms with E-state index in [1.807, 2.05) is 0 Å². The van der Waals surface area contributed by atoms with E-state index in [0.717, 1.165) is 6.26 Å². The van der Waals surface area contributed by atoms with Crippen LogP contribution >= 0.6 is 0 Å². The summed E-state index contributed by atoms with van der Waals surface area (Å²) in [4.78, 5) is 11.4. The molecule has 3 nitrogen and oxygen atoms in total. The lowest BCUT2D eigenvalue weighted by Crippen LogP contribution is -2.45. The highest BCUT2D eigenvalue weighted by Crippen LogP contribution is 2.54. The molecule has 6 heteroatoms. The second kappa shape index (κ2) is 3.40. The van der Waals surface area contributed by atoms with Crippen molar-refractivity contribution in [2.45, 2.75) is 37.6 Å². The number of hydrogen-bond acceptors (Lipinski definition) is 3. The molecule has 0 amide bonds. The van der Waals surface area contributed by atoms with Crippen LogP contribution < -0.4 is 0 Å². The van der Waals surface area contributed by atoms with E-state index in [1.165, 1.54) is 0 Å². The van der Waals surface area contributed by atoms with Crippen LogP contribution in [0.25, 0.3) is 0 Å². The Labute approximate surface area is 90.2 Å². The molecular formula is C10H11F3O3. The molecule has 2 fully saturated rings. The Hall–Kier alpha value is -1.20. The molecule has 2 rings (SSSR count). The average Bonchev–Trinajstić information content (AvgIpc) is 2.45. The molecule has 2 bridgehead atoms. The van der Waals surface area contributed by atoms with Gasteiger partial charge in [0.1, 0.15) is 12.2 Å². The quantitative estimate of drug-likeness (QED) is 0.544. The van der Waals surface area contributed by atoms with Crippen LogP contribution in [0.5, 0.6) is 0 Å². The van der Waals surface area contributed by atoms with E-state index in [9.17, 15) is 18.0 Å². The highest BCUT2D eigenvalue weighted by molar-refractivity contribution is 5.80. The zero-order chi connectivity index (χ0) is 12.0. The van der Waals surface area contributed by atoms with Gasteiger partial charge >= 0.3 is 12.1 Å². The number of hydrogen-bond donors (Lipinski definition) is 0. The van der Waals surface area contributed by atoms with E-state index < -0.39 is 29.8 Å². The standard InChI is InChI=1S/C10H11F3O3/c1-2-15-6-3-4-9(10(11,12)13)5-7(6)16-8(9)14/h2,6-7H,1,3-5H2. The monoisotopic (exact) mass is 236 g/mol. The second-order valence-electron chi connectivity index (χ2n) is 4.11. The average molecular weight is 236 g/mol. The van der Waals surface area contributed by atoms with Gasteiger partial charge in [0.05, 0.1) is 6.26 Å². The minimum Gasteiger partial charge on any atom is -0.495 e. The smallest absolute Gasteiger partial charge is 0.405 e. The van der Waals surface area contributed by atoms with Crippen molar-refractivity contribution >= 4 is 5.97 Å². The summed E-state index contributed by atoms with van der Waals surface area (Å²) in [6, 6.07) is 0. The van der Waals surface area contributed by atoms with Gasteiger partial charge in [0.25, 0.3) is 0 Å². The summed E-state index contributed by atoms with van der Waals surface area (Å²) < 4.78 is 48.3. The summed E-state index contributed by atoms with van der Waals surface area (Å²) in [6.45, 7) is 3.34. The van der Waals surface area contributed by atoms with Gasteiger partial charge in [-0.25, -0.2) is 0 Å². The van der Waals surface area contributed by atoms with Crippen LogP contribution in [0.4, 0.5) is 13.2 Å². The maximum atomic E-state index is 12.8. The van der Waals surface area contributed by atoms with E-state index >= 15 is 0 Å². The number of halogens is 3. The number of fused-ring (bicyclic) bond motifs is 2. The third-order valence-electron chi connectivity index (χ3n) is 3.28. The first-order chi connectivity index (χ1) is 7.40. The van der Waals surface area contributed by atoms with Crippen molar-refractivity contribution in [3.05, 3.63) is 12.8 Å². The number of esters is 1. The molecule has 3 atom stereocenters. The Morgan fingerprint density at radius 1 is 1.56 bits per heavy atom. The number of carbonyl (C=O) groups is 1. The van der Waals surface area contributed by atoms with Gasteiger partial charge < -0.3 is 9.47 Å². The van der Waals surface area contributed by atoms with Gasteiger partial charge in [0, 0.05) is 6.42 Å². The van der Waals surface area contributed by atoms with Crippen molar-refractivity contribution in [2.75, 3.05) is 0 Å². The SMILES string of the molecule is C=COC1CCC2(C(F)(F)F)CC1OC2=O. The van der Waals surface area contributed by atoms with E-state index in [-0.39, 0.29) is 19.3 Å². The number of carbonyl (C=O) groups excluding carboxylic acids is 1. The Bertz CT molecular complexity index is 326. The van der Waals surface area contributed by atoms with Gasteiger partial charge in [0.15, 0.2) is 5.41 Å². The fraction of sp³-hybridized carbons (Fsp3) is 0.700. The molecule has 1 aliphatic heterocycles. The first-order valence-electron chi connectivity index (χ1n) is 4.95. The highest BCUT2D eigenvalue weighted by atomic mass is 19.4. The maximum Gasteiger partial charge on any atom is 0.405 e. The fourth-order valence-corrected chi connectivity index (χ4v) is 2.36. The van der Waals surface area contributed by atoms with Crippen LogP contribution in [0.15, 0.2) is 12.8 Å². The minimum absolute atomic E-state index is 0.155. The molecule has 0 aromatic rings. The van der Waals surface area contributed by atoms with E-state index in [2.05, 4.69) is 6.58 Å². The third kappa shape index (κ3) is 1.39. The Balaban J connectivity index is 2.23. The molecule has 1 saturated heterocycles. The summed E-state index contributed by atoms with van der Waals surface area (Å²) in [5, 5.41) is 0. The normalized spacial score (nSPS) is 38.1. The van der Waals surface area contributed by atoms with Crippen molar-refractivity contribution in [3.8, 4) is 0 Å². The lowest BCUT2D eigenvalue weighted by molar-refractivity contribution is -0.226. The number of alkyl halides is 3. The predicted octanol–water partition coefficient (Wildman–Crippen LogP) is 2.17. The fourth-order valence-electron chi connectivity index (χ4n) is 2.36. The van der Waals surface area contributed by atoms with Crippen molar-refractivity contribution in [2.24, 2.45) is 5.41 Å². The maximum absolute atomic E-state index is 12.8. The van der Waals surface area contributed by atoms with Crippen molar-refractivity contribution in [3.63, 3.8) is 0 Å². The highest BCUT2D eigenvalue weighted by Gasteiger charge is 2.68. The molecule has 0 radical (unpaired) electrons. The molecule has 90 valence electrons. The Morgan fingerprint density at radius 2 is 2.25 bits per heavy atom. The largest absolute Gasteiger partial charge is 0.495 e. The molecule has 0 spiro atoms. The molecule has 1 heterocycles. The van der Waals surface area contributed by atoms with Crippen molar-refractivity contribution in [1.29, 1.82) is 0 Å². The second-order valence-corrected chi connectivity index (χ2v) is 4.11. The molecule has 0 aromatic carbocycles. The van der Waals surface area contributed by atoms with Crippen molar-refractivity contribution in [1.82, 2.24) is 0 Å². The number of ether oxygens (including phenoxy) is 2. The van der Waals surface area contributed by atoms with Gasteiger partial charge in [-0.05, 0) is 12.8 Å².